The van der Waals surface area contributed by atoms with Crippen LogP contribution in [0.1, 0.15) is 0 Å². The molecule has 0 bridgehead atoms. The Bertz CT molecular complexity index is 550. The van der Waals surface area contributed by atoms with E-state index in [0.717, 1.165) is 24.8 Å². The van der Waals surface area contributed by atoms with Crippen molar-refractivity contribution in [1.29, 1.82) is 0 Å². The predicted molar refractivity (Wildman–Crippen MR) is 78.7 cm³/mol. The van der Waals surface area contributed by atoms with E-state index in [-0.39, 0.29) is 5.75 Å². The molecule has 1 aromatic carbocycles. The van der Waals surface area contributed by atoms with Crippen molar-refractivity contribution in [2.24, 2.45) is 0 Å². The molecule has 0 atom stereocenters. The van der Waals surface area contributed by atoms with E-state index in [1.165, 1.54) is 0 Å². The lowest BCUT2D eigenvalue weighted by Gasteiger charge is -2.04. The number of hydrogen-bond donors (Lipinski definition) is 2. The summed E-state index contributed by atoms with van der Waals surface area (Å²) >= 11 is 13.6. The number of H-pyrrole nitrogens is 1. The van der Waals surface area contributed by atoms with Crippen LogP contribution in [0.15, 0.2) is 36.2 Å². The molecule has 0 aliphatic heterocycles. The lowest BCUT2D eigenvalue weighted by molar-refractivity contribution is 0.474. The van der Waals surface area contributed by atoms with Gasteiger partial charge in [-0.2, -0.15) is 0 Å². The Morgan fingerprint density at radius 3 is 2.25 bits per heavy atom. The number of aromatic nitrogens is 1. The van der Waals surface area contributed by atoms with E-state index in [0.29, 0.717) is 4.47 Å². The summed E-state index contributed by atoms with van der Waals surface area (Å²) in [4.78, 5) is 3.14. The number of rotatable bonds is 1. The number of benzene rings is 1. The molecule has 0 saturated carbocycles. The van der Waals surface area contributed by atoms with Crippen LogP contribution in [0.25, 0.3) is 11.3 Å². The Hall–Kier alpha value is 0.220. The van der Waals surface area contributed by atoms with Crippen LogP contribution in [0.4, 0.5) is 0 Å². The molecule has 2 rings (SSSR count). The average Bonchev–Trinajstić information content (AvgIpc) is 2.50. The molecule has 2 nitrogen and oxygen atoms in total. The number of halogens is 4. The van der Waals surface area contributed by atoms with Crippen LogP contribution in [-0.2, 0) is 0 Å². The lowest BCUT2D eigenvalue weighted by Crippen LogP contribution is -1.81. The first-order chi connectivity index (χ1) is 7.52. The largest absolute Gasteiger partial charge is 0.506 e. The van der Waals surface area contributed by atoms with Crippen LogP contribution >= 0.6 is 63.7 Å². The van der Waals surface area contributed by atoms with Gasteiger partial charge in [0.05, 0.1) is 23.7 Å². The first kappa shape index (κ1) is 12.7. The highest BCUT2D eigenvalue weighted by atomic mass is 79.9. The fraction of sp³-hybridized carbons (Fsp3) is 0. The van der Waals surface area contributed by atoms with Crippen LogP contribution < -0.4 is 0 Å². The van der Waals surface area contributed by atoms with Crippen molar-refractivity contribution in [2.75, 3.05) is 0 Å². The van der Waals surface area contributed by atoms with Crippen molar-refractivity contribution in [3.05, 3.63) is 36.2 Å². The van der Waals surface area contributed by atoms with Gasteiger partial charge in [-0.1, -0.05) is 6.07 Å². The molecular formula is C10H5Br4NO. The van der Waals surface area contributed by atoms with Crippen LogP contribution in [-0.4, -0.2) is 10.1 Å². The number of aromatic hydroxyl groups is 1. The van der Waals surface area contributed by atoms with Gasteiger partial charge in [0.25, 0.3) is 0 Å². The molecule has 0 amide bonds. The van der Waals surface area contributed by atoms with E-state index < -0.39 is 0 Å². The normalized spacial score (nSPS) is 10.8. The van der Waals surface area contributed by atoms with Crippen LogP contribution in [0.5, 0.6) is 5.75 Å². The number of nitrogens with one attached hydrogen (secondary N) is 1. The van der Waals surface area contributed by atoms with Gasteiger partial charge >= 0.3 is 0 Å². The molecule has 6 heteroatoms. The van der Waals surface area contributed by atoms with Crippen LogP contribution in [0.3, 0.4) is 0 Å². The van der Waals surface area contributed by atoms with Crippen molar-refractivity contribution in [3.63, 3.8) is 0 Å². The van der Waals surface area contributed by atoms with Crippen molar-refractivity contribution in [1.82, 2.24) is 4.98 Å². The summed E-state index contributed by atoms with van der Waals surface area (Å²) in [6.45, 7) is 0. The Kier molecular flexibility index (Phi) is 3.83. The van der Waals surface area contributed by atoms with Crippen molar-refractivity contribution >= 4 is 63.7 Å². The SMILES string of the molecule is Oc1c(Br)cccc1-c1[nH]c(Br)c(Br)c1Br. The van der Waals surface area contributed by atoms with Gasteiger partial charge in [0.2, 0.25) is 0 Å². The average molecular weight is 475 g/mol. The highest BCUT2D eigenvalue weighted by Gasteiger charge is 2.16. The fourth-order valence-corrected chi connectivity index (χ4v) is 3.17. The van der Waals surface area contributed by atoms with Gasteiger partial charge in [-0.3, -0.25) is 0 Å². The minimum absolute atomic E-state index is 0.212. The fourth-order valence-electron chi connectivity index (χ4n) is 1.33. The van der Waals surface area contributed by atoms with Gasteiger partial charge in [-0.25, -0.2) is 0 Å². The summed E-state index contributed by atoms with van der Waals surface area (Å²) in [6, 6.07) is 5.50. The maximum atomic E-state index is 9.96. The molecule has 0 aliphatic rings. The number of phenolic OH excluding ortho intramolecular Hbond substituents is 1. The molecule has 1 aromatic heterocycles. The van der Waals surface area contributed by atoms with Crippen LogP contribution in [0, 0.1) is 0 Å². The first-order valence-corrected chi connectivity index (χ1v) is 7.40. The highest BCUT2D eigenvalue weighted by Crippen LogP contribution is 2.43. The third-order valence-corrected chi connectivity index (χ3v) is 5.98. The second-order valence-corrected chi connectivity index (χ2v) is 6.31. The summed E-state index contributed by atoms with van der Waals surface area (Å²) in [7, 11) is 0. The maximum absolute atomic E-state index is 9.96. The summed E-state index contributed by atoms with van der Waals surface area (Å²) in [5.41, 5.74) is 1.55. The molecule has 0 spiro atoms. The minimum Gasteiger partial charge on any atom is -0.506 e. The zero-order chi connectivity index (χ0) is 11.9. The molecule has 0 aliphatic carbocycles. The highest BCUT2D eigenvalue weighted by molar-refractivity contribution is 9.14. The predicted octanol–water partition coefficient (Wildman–Crippen LogP) is 5.44. The van der Waals surface area contributed by atoms with E-state index >= 15 is 0 Å². The van der Waals surface area contributed by atoms with Gasteiger partial charge in [0, 0.05) is 5.56 Å². The molecular weight excluding hydrogens is 470 g/mol. The second-order valence-electron chi connectivity index (χ2n) is 3.08. The second kappa shape index (κ2) is 4.84. The Labute approximate surface area is 126 Å². The quantitative estimate of drug-likeness (QED) is 0.567. The summed E-state index contributed by atoms with van der Waals surface area (Å²) in [6.07, 6.45) is 0. The van der Waals surface area contributed by atoms with Crippen molar-refractivity contribution in [3.8, 4) is 17.0 Å². The number of aromatic amines is 1. The monoisotopic (exact) mass is 471 g/mol. The van der Waals surface area contributed by atoms with E-state index in [2.05, 4.69) is 68.7 Å². The number of hydrogen-bond acceptors (Lipinski definition) is 1. The molecule has 2 N–H and O–H groups in total. The zero-order valence-electron chi connectivity index (χ0n) is 7.69. The zero-order valence-corrected chi connectivity index (χ0v) is 14.0. The Balaban J connectivity index is 2.68. The third-order valence-electron chi connectivity index (χ3n) is 2.10. The summed E-state index contributed by atoms with van der Waals surface area (Å²) in [5.74, 6) is 0.212. The van der Waals surface area contributed by atoms with Crippen LogP contribution in [0.2, 0.25) is 0 Å². The molecule has 0 radical (unpaired) electrons. The van der Waals surface area contributed by atoms with Gasteiger partial charge in [-0.15, -0.1) is 0 Å². The van der Waals surface area contributed by atoms with E-state index in [9.17, 15) is 5.11 Å². The maximum Gasteiger partial charge on any atom is 0.139 e. The summed E-state index contributed by atoms with van der Waals surface area (Å²) in [5, 5.41) is 9.96. The molecule has 0 unspecified atom stereocenters. The Morgan fingerprint density at radius 2 is 1.69 bits per heavy atom. The molecule has 0 fully saturated rings. The van der Waals surface area contributed by atoms with E-state index in [1.54, 1.807) is 6.07 Å². The number of para-hydroxylation sites is 1. The Morgan fingerprint density at radius 1 is 1.00 bits per heavy atom. The van der Waals surface area contributed by atoms with Gasteiger partial charge in [0.15, 0.2) is 0 Å². The smallest absolute Gasteiger partial charge is 0.139 e. The minimum atomic E-state index is 0.212. The van der Waals surface area contributed by atoms with E-state index in [1.807, 2.05) is 12.1 Å². The van der Waals surface area contributed by atoms with E-state index in [4.69, 9.17) is 0 Å². The first-order valence-electron chi connectivity index (χ1n) is 4.22. The lowest BCUT2D eigenvalue weighted by atomic mass is 10.1. The molecule has 2 aromatic rings. The molecule has 16 heavy (non-hydrogen) atoms. The van der Waals surface area contributed by atoms with Crippen molar-refractivity contribution < 1.29 is 5.11 Å². The topological polar surface area (TPSA) is 36.0 Å². The van der Waals surface area contributed by atoms with Gasteiger partial charge in [0.1, 0.15) is 5.75 Å². The standard InChI is InChI=1S/C10H5Br4NO/c11-5-3-1-2-4(9(5)16)8-6(12)7(13)10(14)15-8/h1-3,15-16H. The number of phenols is 1. The van der Waals surface area contributed by atoms with Gasteiger partial charge < -0.3 is 10.1 Å². The molecule has 1 heterocycles. The third kappa shape index (κ3) is 2.12. The summed E-state index contributed by atoms with van der Waals surface area (Å²) < 4.78 is 3.25. The molecule has 84 valence electrons. The van der Waals surface area contributed by atoms with Crippen molar-refractivity contribution in [2.45, 2.75) is 0 Å². The van der Waals surface area contributed by atoms with Gasteiger partial charge in [-0.05, 0) is 75.9 Å². The molecule has 0 saturated heterocycles.